The van der Waals surface area contributed by atoms with Gasteiger partial charge in [-0.3, -0.25) is 4.98 Å². The zero-order chi connectivity index (χ0) is 10.7. The molecule has 5 heteroatoms. The summed E-state index contributed by atoms with van der Waals surface area (Å²) in [5.74, 6) is 1.63. The summed E-state index contributed by atoms with van der Waals surface area (Å²) in [4.78, 5) is 8.38. The highest BCUT2D eigenvalue weighted by Crippen LogP contribution is 2.14. The van der Waals surface area contributed by atoms with E-state index in [0.29, 0.717) is 13.0 Å². The van der Waals surface area contributed by atoms with Crippen LogP contribution in [0.25, 0.3) is 11.4 Å². The maximum Gasteiger partial charge on any atom is 0.158 e. The molecule has 0 saturated heterocycles. The molecular formula is C10H13N5. The monoisotopic (exact) mass is 203 g/mol. The Morgan fingerprint density at radius 1 is 1.33 bits per heavy atom. The molecule has 2 aromatic rings. The Bertz CT molecular complexity index is 434. The van der Waals surface area contributed by atoms with Gasteiger partial charge >= 0.3 is 0 Å². The second-order valence-electron chi connectivity index (χ2n) is 3.25. The fourth-order valence-electron chi connectivity index (χ4n) is 1.42. The van der Waals surface area contributed by atoms with Crippen LogP contribution in [0.3, 0.4) is 0 Å². The maximum absolute atomic E-state index is 5.46. The molecule has 0 atom stereocenters. The van der Waals surface area contributed by atoms with Crippen LogP contribution in [-0.4, -0.2) is 26.3 Å². The molecule has 0 fully saturated rings. The second-order valence-corrected chi connectivity index (χ2v) is 3.25. The number of aromatic nitrogens is 4. The van der Waals surface area contributed by atoms with E-state index in [4.69, 9.17) is 5.73 Å². The topological polar surface area (TPSA) is 69.6 Å². The summed E-state index contributed by atoms with van der Waals surface area (Å²) in [5, 5.41) is 4.28. The zero-order valence-corrected chi connectivity index (χ0v) is 8.59. The summed E-state index contributed by atoms with van der Waals surface area (Å²) >= 11 is 0. The minimum atomic E-state index is 0.569. The molecule has 0 saturated carbocycles. The van der Waals surface area contributed by atoms with E-state index in [1.165, 1.54) is 0 Å². The van der Waals surface area contributed by atoms with Crippen LogP contribution in [0, 0.1) is 0 Å². The first-order valence-electron chi connectivity index (χ1n) is 4.81. The molecular weight excluding hydrogens is 190 g/mol. The molecule has 2 rings (SSSR count). The van der Waals surface area contributed by atoms with E-state index < -0.39 is 0 Å². The van der Waals surface area contributed by atoms with Gasteiger partial charge in [0.25, 0.3) is 0 Å². The predicted octanol–water partition coefficient (Wildman–Crippen LogP) is 0.378. The summed E-state index contributed by atoms with van der Waals surface area (Å²) in [7, 11) is 1.88. The largest absolute Gasteiger partial charge is 0.330 e. The van der Waals surface area contributed by atoms with Crippen molar-refractivity contribution in [3.05, 3.63) is 30.4 Å². The lowest BCUT2D eigenvalue weighted by atomic mass is 10.2. The van der Waals surface area contributed by atoms with Crippen molar-refractivity contribution >= 4 is 0 Å². The van der Waals surface area contributed by atoms with Crippen LogP contribution >= 0.6 is 0 Å². The van der Waals surface area contributed by atoms with Crippen LogP contribution in [0.15, 0.2) is 24.5 Å². The van der Waals surface area contributed by atoms with Gasteiger partial charge < -0.3 is 5.73 Å². The lowest BCUT2D eigenvalue weighted by Gasteiger charge is -1.97. The first kappa shape index (κ1) is 9.79. The summed E-state index contributed by atoms with van der Waals surface area (Å²) in [6.07, 6.45) is 4.19. The van der Waals surface area contributed by atoms with Crippen LogP contribution in [-0.2, 0) is 13.5 Å². The third-order valence-electron chi connectivity index (χ3n) is 2.11. The van der Waals surface area contributed by atoms with Gasteiger partial charge in [0.05, 0.1) is 0 Å². The molecule has 0 bridgehead atoms. The second kappa shape index (κ2) is 4.18. The Hall–Kier alpha value is -1.75. The Morgan fingerprint density at radius 2 is 2.07 bits per heavy atom. The predicted molar refractivity (Wildman–Crippen MR) is 57.0 cm³/mol. The molecule has 0 aliphatic carbocycles. The average molecular weight is 203 g/mol. The molecule has 2 heterocycles. The molecule has 0 amide bonds. The number of pyridine rings is 1. The minimum Gasteiger partial charge on any atom is -0.330 e. The highest BCUT2D eigenvalue weighted by Gasteiger charge is 2.07. The van der Waals surface area contributed by atoms with Crippen LogP contribution in [0.2, 0.25) is 0 Å². The Balaban J connectivity index is 2.36. The van der Waals surface area contributed by atoms with Crippen molar-refractivity contribution in [3.63, 3.8) is 0 Å². The molecule has 0 radical (unpaired) electrons. The number of hydrogen-bond donors (Lipinski definition) is 1. The fraction of sp³-hybridized carbons (Fsp3) is 0.300. The van der Waals surface area contributed by atoms with Gasteiger partial charge in [-0.1, -0.05) is 0 Å². The minimum absolute atomic E-state index is 0.569. The van der Waals surface area contributed by atoms with Crippen molar-refractivity contribution in [3.8, 4) is 11.4 Å². The number of rotatable bonds is 3. The van der Waals surface area contributed by atoms with Gasteiger partial charge in [0, 0.05) is 31.4 Å². The Kier molecular flexibility index (Phi) is 2.73. The van der Waals surface area contributed by atoms with E-state index in [-0.39, 0.29) is 0 Å². The quantitative estimate of drug-likeness (QED) is 0.782. The molecule has 0 aliphatic heterocycles. The highest BCUT2D eigenvalue weighted by atomic mass is 15.3. The van der Waals surface area contributed by atoms with Crippen molar-refractivity contribution in [2.45, 2.75) is 6.42 Å². The van der Waals surface area contributed by atoms with E-state index >= 15 is 0 Å². The summed E-state index contributed by atoms with van der Waals surface area (Å²) in [6, 6.07) is 3.83. The van der Waals surface area contributed by atoms with Crippen molar-refractivity contribution in [2.24, 2.45) is 12.8 Å². The summed E-state index contributed by atoms with van der Waals surface area (Å²) < 4.78 is 1.76. The normalized spacial score (nSPS) is 10.5. The number of aryl methyl sites for hydroxylation is 1. The van der Waals surface area contributed by atoms with E-state index in [2.05, 4.69) is 15.1 Å². The van der Waals surface area contributed by atoms with Crippen LogP contribution in [0.1, 0.15) is 5.82 Å². The van der Waals surface area contributed by atoms with Gasteiger partial charge in [-0.15, -0.1) is 0 Å². The molecule has 15 heavy (non-hydrogen) atoms. The van der Waals surface area contributed by atoms with Gasteiger partial charge in [0.15, 0.2) is 11.6 Å². The van der Waals surface area contributed by atoms with Gasteiger partial charge in [0.2, 0.25) is 0 Å². The fourth-order valence-corrected chi connectivity index (χ4v) is 1.42. The average Bonchev–Trinajstić information content (AvgIpc) is 2.61. The molecule has 78 valence electrons. The van der Waals surface area contributed by atoms with Crippen molar-refractivity contribution in [2.75, 3.05) is 6.54 Å². The SMILES string of the molecule is Cn1nc(CCN)nc1-c1ccncc1. The summed E-state index contributed by atoms with van der Waals surface area (Å²) in [5.41, 5.74) is 6.48. The van der Waals surface area contributed by atoms with Crippen molar-refractivity contribution in [1.82, 2.24) is 19.7 Å². The van der Waals surface area contributed by atoms with Crippen molar-refractivity contribution in [1.29, 1.82) is 0 Å². The zero-order valence-electron chi connectivity index (χ0n) is 8.59. The van der Waals surface area contributed by atoms with Crippen LogP contribution < -0.4 is 5.73 Å². The Labute approximate surface area is 88.0 Å². The lowest BCUT2D eigenvalue weighted by molar-refractivity contribution is 0.744. The standard InChI is InChI=1S/C10H13N5/c1-15-10(8-3-6-12-7-4-8)13-9(14-15)2-5-11/h3-4,6-7H,2,5,11H2,1H3. The van der Waals surface area contributed by atoms with E-state index in [9.17, 15) is 0 Å². The van der Waals surface area contributed by atoms with Crippen LogP contribution in [0.5, 0.6) is 0 Å². The first-order valence-corrected chi connectivity index (χ1v) is 4.81. The van der Waals surface area contributed by atoms with Gasteiger partial charge in [-0.25, -0.2) is 9.67 Å². The number of nitrogens with zero attached hydrogens (tertiary/aromatic N) is 4. The van der Waals surface area contributed by atoms with Gasteiger partial charge in [0.1, 0.15) is 0 Å². The van der Waals surface area contributed by atoms with E-state index in [1.807, 2.05) is 19.2 Å². The third-order valence-corrected chi connectivity index (χ3v) is 2.11. The molecule has 2 aromatic heterocycles. The van der Waals surface area contributed by atoms with Gasteiger partial charge in [-0.2, -0.15) is 5.10 Å². The van der Waals surface area contributed by atoms with Crippen molar-refractivity contribution < 1.29 is 0 Å². The molecule has 0 spiro atoms. The third kappa shape index (κ3) is 2.02. The number of hydrogen-bond acceptors (Lipinski definition) is 4. The molecule has 2 N–H and O–H groups in total. The Morgan fingerprint density at radius 3 is 2.73 bits per heavy atom. The highest BCUT2D eigenvalue weighted by molar-refractivity contribution is 5.53. The van der Waals surface area contributed by atoms with E-state index in [0.717, 1.165) is 17.2 Å². The smallest absolute Gasteiger partial charge is 0.158 e. The summed E-state index contributed by atoms with van der Waals surface area (Å²) in [6.45, 7) is 0.569. The molecule has 0 aromatic carbocycles. The first-order chi connectivity index (χ1) is 7.31. The lowest BCUT2D eigenvalue weighted by Crippen LogP contribution is -2.04. The molecule has 5 nitrogen and oxygen atoms in total. The van der Waals surface area contributed by atoms with Crippen LogP contribution in [0.4, 0.5) is 0 Å². The maximum atomic E-state index is 5.46. The van der Waals surface area contributed by atoms with E-state index in [1.54, 1.807) is 17.1 Å². The van der Waals surface area contributed by atoms with Gasteiger partial charge in [-0.05, 0) is 18.7 Å². The molecule has 0 aliphatic rings. The molecule has 0 unspecified atom stereocenters. The number of nitrogens with two attached hydrogens (primary N) is 1.